The Morgan fingerprint density at radius 3 is 2.27 bits per heavy atom. The summed E-state index contributed by atoms with van der Waals surface area (Å²) in [6, 6.07) is 7.58. The molecule has 5 nitrogen and oxygen atoms in total. The summed E-state index contributed by atoms with van der Waals surface area (Å²) in [6.07, 6.45) is 5.11. The molecule has 0 bridgehead atoms. The van der Waals surface area contributed by atoms with Gasteiger partial charge in [0.15, 0.2) is 0 Å². The molecule has 2 aliphatic rings. The van der Waals surface area contributed by atoms with Gasteiger partial charge in [-0.2, -0.15) is 0 Å². The Hall–Kier alpha value is -1.01. The average molecular weight is 404 g/mol. The third kappa shape index (κ3) is 6.95. The SMILES string of the molecule is Cl.Cl.O=C(c1ccc(OCCCN2CCCCC2)cc1)N1CCNCC1. The number of rotatable bonds is 6. The molecule has 0 saturated carbocycles. The van der Waals surface area contributed by atoms with E-state index >= 15 is 0 Å². The van der Waals surface area contributed by atoms with Crippen molar-refractivity contribution in [3.8, 4) is 5.75 Å². The van der Waals surface area contributed by atoms with Crippen molar-refractivity contribution in [3.63, 3.8) is 0 Å². The lowest BCUT2D eigenvalue weighted by atomic mass is 10.1. The molecule has 2 saturated heterocycles. The highest BCUT2D eigenvalue weighted by Crippen LogP contribution is 2.15. The Labute approximate surface area is 169 Å². The number of hydrogen-bond donors (Lipinski definition) is 1. The first kappa shape index (κ1) is 23.0. The highest BCUT2D eigenvalue weighted by molar-refractivity contribution is 5.94. The molecule has 2 heterocycles. The zero-order valence-electron chi connectivity index (χ0n) is 15.3. The van der Waals surface area contributed by atoms with E-state index in [1.165, 1.54) is 32.4 Å². The Kier molecular flexibility index (Phi) is 11.0. The smallest absolute Gasteiger partial charge is 0.253 e. The third-order valence-corrected chi connectivity index (χ3v) is 4.84. The van der Waals surface area contributed by atoms with Gasteiger partial charge in [-0.1, -0.05) is 6.42 Å². The van der Waals surface area contributed by atoms with Crippen molar-refractivity contribution in [2.45, 2.75) is 25.7 Å². The van der Waals surface area contributed by atoms with Crippen molar-refractivity contribution < 1.29 is 9.53 Å². The summed E-state index contributed by atoms with van der Waals surface area (Å²) in [4.78, 5) is 16.8. The number of piperazine rings is 1. The van der Waals surface area contributed by atoms with Crippen LogP contribution in [0.5, 0.6) is 5.75 Å². The molecule has 0 spiro atoms. The van der Waals surface area contributed by atoms with Crippen LogP contribution in [0.15, 0.2) is 24.3 Å². The van der Waals surface area contributed by atoms with Crippen molar-refractivity contribution in [1.29, 1.82) is 0 Å². The molecule has 1 N–H and O–H groups in total. The lowest BCUT2D eigenvalue weighted by Crippen LogP contribution is -2.46. The number of halogens is 2. The number of hydrogen-bond acceptors (Lipinski definition) is 4. The number of ether oxygens (including phenoxy) is 1. The van der Waals surface area contributed by atoms with Crippen LogP contribution in [-0.2, 0) is 0 Å². The number of likely N-dealkylation sites (tertiary alicyclic amines) is 1. The van der Waals surface area contributed by atoms with Crippen LogP contribution in [0, 0.1) is 0 Å². The topological polar surface area (TPSA) is 44.8 Å². The maximum atomic E-state index is 12.4. The van der Waals surface area contributed by atoms with E-state index in [2.05, 4.69) is 10.2 Å². The van der Waals surface area contributed by atoms with Gasteiger partial charge in [0.05, 0.1) is 6.61 Å². The third-order valence-electron chi connectivity index (χ3n) is 4.84. The van der Waals surface area contributed by atoms with E-state index in [1.807, 2.05) is 29.2 Å². The summed E-state index contributed by atoms with van der Waals surface area (Å²) in [5, 5.41) is 3.27. The number of carbonyl (C=O) groups is 1. The molecule has 26 heavy (non-hydrogen) atoms. The van der Waals surface area contributed by atoms with Crippen molar-refractivity contribution in [3.05, 3.63) is 29.8 Å². The minimum atomic E-state index is 0. The van der Waals surface area contributed by atoms with Crippen molar-refractivity contribution in [1.82, 2.24) is 15.1 Å². The van der Waals surface area contributed by atoms with Gasteiger partial charge in [0.25, 0.3) is 5.91 Å². The highest BCUT2D eigenvalue weighted by Gasteiger charge is 2.17. The Balaban J connectivity index is 0.00000169. The predicted molar refractivity (Wildman–Crippen MR) is 110 cm³/mol. The first-order valence-electron chi connectivity index (χ1n) is 9.28. The fourth-order valence-electron chi connectivity index (χ4n) is 3.41. The molecular formula is C19H31Cl2N3O2. The van der Waals surface area contributed by atoms with Gasteiger partial charge < -0.3 is 19.9 Å². The lowest BCUT2D eigenvalue weighted by molar-refractivity contribution is 0.0736. The van der Waals surface area contributed by atoms with Crippen LogP contribution in [0.3, 0.4) is 0 Å². The molecule has 0 radical (unpaired) electrons. The fourth-order valence-corrected chi connectivity index (χ4v) is 3.41. The van der Waals surface area contributed by atoms with Gasteiger partial charge in [0.2, 0.25) is 0 Å². The summed E-state index contributed by atoms with van der Waals surface area (Å²) in [6.45, 7) is 7.67. The average Bonchev–Trinajstić information content (AvgIpc) is 2.67. The Morgan fingerprint density at radius 1 is 0.962 bits per heavy atom. The molecule has 0 unspecified atom stereocenters. The Bertz CT molecular complexity index is 516. The summed E-state index contributed by atoms with van der Waals surface area (Å²) < 4.78 is 5.82. The highest BCUT2D eigenvalue weighted by atomic mass is 35.5. The molecule has 0 aliphatic carbocycles. The van der Waals surface area contributed by atoms with Crippen LogP contribution in [0.2, 0.25) is 0 Å². The second-order valence-electron chi connectivity index (χ2n) is 6.67. The monoisotopic (exact) mass is 403 g/mol. The van der Waals surface area contributed by atoms with E-state index in [4.69, 9.17) is 4.74 Å². The number of nitrogens with zero attached hydrogens (tertiary/aromatic N) is 2. The standard InChI is InChI=1S/C19H29N3O2.2ClH/c23-19(22-14-9-20-10-15-22)17-5-7-18(8-6-17)24-16-4-13-21-11-2-1-3-12-21;;/h5-8,20H,1-4,9-16H2;2*1H. The molecule has 1 amide bonds. The van der Waals surface area contributed by atoms with Gasteiger partial charge in [-0.25, -0.2) is 0 Å². The number of piperidine rings is 1. The van der Waals surface area contributed by atoms with Crippen LogP contribution in [0.25, 0.3) is 0 Å². The van der Waals surface area contributed by atoms with Crippen molar-refractivity contribution >= 4 is 30.7 Å². The van der Waals surface area contributed by atoms with E-state index in [0.717, 1.165) is 57.1 Å². The van der Waals surface area contributed by atoms with Crippen molar-refractivity contribution in [2.24, 2.45) is 0 Å². The first-order valence-corrected chi connectivity index (χ1v) is 9.28. The van der Waals surface area contributed by atoms with Gasteiger partial charge in [0.1, 0.15) is 5.75 Å². The summed E-state index contributed by atoms with van der Waals surface area (Å²) >= 11 is 0. The van der Waals surface area contributed by atoms with Gasteiger partial charge in [-0.15, -0.1) is 24.8 Å². The second-order valence-corrected chi connectivity index (χ2v) is 6.67. The molecule has 148 valence electrons. The number of benzene rings is 1. The maximum absolute atomic E-state index is 12.4. The predicted octanol–water partition coefficient (Wildman–Crippen LogP) is 2.83. The van der Waals surface area contributed by atoms with E-state index in [-0.39, 0.29) is 30.7 Å². The van der Waals surface area contributed by atoms with E-state index in [0.29, 0.717) is 0 Å². The fraction of sp³-hybridized carbons (Fsp3) is 0.632. The minimum Gasteiger partial charge on any atom is -0.494 e. The van der Waals surface area contributed by atoms with Crippen LogP contribution < -0.4 is 10.1 Å². The molecule has 2 fully saturated rings. The zero-order valence-corrected chi connectivity index (χ0v) is 17.0. The number of amides is 1. The first-order chi connectivity index (χ1) is 11.8. The van der Waals surface area contributed by atoms with Gasteiger partial charge in [-0.05, 0) is 56.6 Å². The van der Waals surface area contributed by atoms with E-state index < -0.39 is 0 Å². The Morgan fingerprint density at radius 2 is 1.62 bits per heavy atom. The van der Waals surface area contributed by atoms with Crippen LogP contribution in [-0.4, -0.2) is 68.1 Å². The van der Waals surface area contributed by atoms with Crippen LogP contribution >= 0.6 is 24.8 Å². The molecule has 1 aromatic carbocycles. The quantitative estimate of drug-likeness (QED) is 0.741. The van der Waals surface area contributed by atoms with E-state index in [1.54, 1.807) is 0 Å². The largest absolute Gasteiger partial charge is 0.494 e. The summed E-state index contributed by atoms with van der Waals surface area (Å²) in [5.41, 5.74) is 0.748. The number of carbonyl (C=O) groups excluding carboxylic acids is 1. The molecule has 7 heteroatoms. The number of nitrogens with one attached hydrogen (secondary N) is 1. The van der Waals surface area contributed by atoms with E-state index in [9.17, 15) is 4.79 Å². The van der Waals surface area contributed by atoms with Crippen molar-refractivity contribution in [2.75, 3.05) is 52.4 Å². The minimum absolute atomic E-state index is 0. The van der Waals surface area contributed by atoms with Gasteiger partial charge in [0, 0.05) is 38.3 Å². The summed E-state index contributed by atoms with van der Waals surface area (Å²) in [7, 11) is 0. The molecule has 0 atom stereocenters. The molecule has 1 aromatic rings. The van der Waals surface area contributed by atoms with Crippen LogP contribution in [0.1, 0.15) is 36.0 Å². The maximum Gasteiger partial charge on any atom is 0.253 e. The molecular weight excluding hydrogens is 373 g/mol. The molecule has 2 aliphatic heterocycles. The lowest BCUT2D eigenvalue weighted by Gasteiger charge is -2.27. The second kappa shape index (κ2) is 12.4. The van der Waals surface area contributed by atoms with Gasteiger partial charge in [-0.3, -0.25) is 4.79 Å². The zero-order chi connectivity index (χ0) is 16.6. The van der Waals surface area contributed by atoms with Gasteiger partial charge >= 0.3 is 0 Å². The molecule has 3 rings (SSSR count). The normalized spacial score (nSPS) is 17.8. The van der Waals surface area contributed by atoms with Crippen LogP contribution in [0.4, 0.5) is 0 Å². The molecule has 0 aromatic heterocycles. The summed E-state index contributed by atoms with van der Waals surface area (Å²) in [5.74, 6) is 0.971.